The summed E-state index contributed by atoms with van der Waals surface area (Å²) in [5.74, 6) is -0.158. The van der Waals surface area contributed by atoms with E-state index in [4.69, 9.17) is 0 Å². The molecule has 1 amide bonds. The first kappa shape index (κ1) is 23.5. The molecule has 6 nitrogen and oxygen atoms in total. The quantitative estimate of drug-likeness (QED) is 0.375. The summed E-state index contributed by atoms with van der Waals surface area (Å²) in [6, 6.07) is 31.5. The highest BCUT2D eigenvalue weighted by Gasteiger charge is 2.45. The van der Waals surface area contributed by atoms with Crippen molar-refractivity contribution in [2.45, 2.75) is 31.0 Å². The van der Waals surface area contributed by atoms with Crippen molar-refractivity contribution in [3.63, 3.8) is 0 Å². The molecule has 186 valence electrons. The molecule has 0 unspecified atom stereocenters. The third-order valence-electron chi connectivity index (χ3n) is 7.14. The van der Waals surface area contributed by atoms with Gasteiger partial charge in [0.1, 0.15) is 6.17 Å². The zero-order chi connectivity index (χ0) is 25.6. The van der Waals surface area contributed by atoms with Gasteiger partial charge in [-0.15, -0.1) is 0 Å². The first-order valence-electron chi connectivity index (χ1n) is 12.4. The van der Waals surface area contributed by atoms with E-state index in [1.165, 1.54) is 4.31 Å². The van der Waals surface area contributed by atoms with E-state index in [1.807, 2.05) is 90.8 Å². The molecule has 6 rings (SSSR count). The molecule has 0 aliphatic carbocycles. The van der Waals surface area contributed by atoms with Gasteiger partial charge in [-0.05, 0) is 60.4 Å². The molecule has 2 aliphatic rings. The first-order valence-corrected chi connectivity index (χ1v) is 13.8. The van der Waals surface area contributed by atoms with Crippen molar-refractivity contribution in [2.75, 3.05) is 10.8 Å². The van der Waals surface area contributed by atoms with Crippen molar-refractivity contribution >= 4 is 21.6 Å². The summed E-state index contributed by atoms with van der Waals surface area (Å²) in [5.41, 5.74) is 4.87. The second-order valence-electron chi connectivity index (χ2n) is 9.46. The molecular weight excluding hydrogens is 482 g/mol. The van der Waals surface area contributed by atoms with Gasteiger partial charge in [0.25, 0.3) is 15.9 Å². The molecule has 0 N–H and O–H groups in total. The number of sulfonamides is 1. The van der Waals surface area contributed by atoms with E-state index in [-0.39, 0.29) is 17.3 Å². The molecule has 1 atom stereocenters. The van der Waals surface area contributed by atoms with Gasteiger partial charge in [0.2, 0.25) is 0 Å². The van der Waals surface area contributed by atoms with Crippen LogP contribution in [0.2, 0.25) is 0 Å². The fraction of sp³-hybridized carbons (Fsp3) is 0.167. The van der Waals surface area contributed by atoms with E-state index in [0.717, 1.165) is 22.3 Å². The van der Waals surface area contributed by atoms with Crippen LogP contribution in [0.15, 0.2) is 108 Å². The Hall–Kier alpha value is -3.94. The number of fused-ring (bicyclic) bond motifs is 4. The SMILES string of the molecule is Cc1ccc(S(=O)(=O)N2c3ccccc3CN(C(=O)c3ccccc3)N3CCc4ccccc4[C@H]32)cc1. The number of rotatable bonds is 3. The van der Waals surface area contributed by atoms with Crippen molar-refractivity contribution in [2.24, 2.45) is 0 Å². The molecule has 2 heterocycles. The number of benzene rings is 4. The highest BCUT2D eigenvalue weighted by atomic mass is 32.2. The van der Waals surface area contributed by atoms with Gasteiger partial charge in [0, 0.05) is 12.1 Å². The van der Waals surface area contributed by atoms with Gasteiger partial charge < -0.3 is 0 Å². The van der Waals surface area contributed by atoms with E-state index in [1.54, 1.807) is 29.3 Å². The maximum atomic E-state index is 14.4. The largest absolute Gasteiger partial charge is 0.268 e. The number of nitrogens with zero attached hydrogens (tertiary/aromatic N) is 3. The lowest BCUT2D eigenvalue weighted by atomic mass is 9.97. The number of para-hydroxylation sites is 1. The van der Waals surface area contributed by atoms with E-state index in [2.05, 4.69) is 0 Å². The normalized spacial score (nSPS) is 17.4. The number of anilines is 1. The number of hydrogen-bond donors (Lipinski definition) is 0. The Morgan fingerprint density at radius 1 is 0.784 bits per heavy atom. The standard InChI is InChI=1S/C30H27N3O3S/c1-22-15-17-26(18-16-22)37(35,36)33-28-14-8-6-12-25(28)21-32(30(34)24-10-3-2-4-11-24)31-20-19-23-9-5-7-13-27(23)29(31)33/h2-18,29H,19-21H2,1H3/t29-/m1/s1. The smallest absolute Gasteiger partial charge is 0.268 e. The Morgan fingerprint density at radius 3 is 2.19 bits per heavy atom. The monoisotopic (exact) mass is 509 g/mol. The van der Waals surface area contributed by atoms with Crippen LogP contribution in [-0.4, -0.2) is 30.9 Å². The molecular formula is C30H27N3O3S. The van der Waals surface area contributed by atoms with Gasteiger partial charge >= 0.3 is 0 Å². The molecule has 4 aromatic carbocycles. The number of carbonyl (C=O) groups excluding carboxylic acids is 1. The predicted molar refractivity (Wildman–Crippen MR) is 143 cm³/mol. The second-order valence-corrected chi connectivity index (χ2v) is 11.3. The van der Waals surface area contributed by atoms with Crippen LogP contribution in [-0.2, 0) is 23.0 Å². The Kier molecular flexibility index (Phi) is 5.82. The third kappa shape index (κ3) is 4.00. The number of hydrogen-bond acceptors (Lipinski definition) is 4. The van der Waals surface area contributed by atoms with Crippen LogP contribution in [0.25, 0.3) is 0 Å². The predicted octanol–water partition coefficient (Wildman–Crippen LogP) is 5.32. The minimum absolute atomic E-state index is 0.158. The molecule has 7 heteroatoms. The zero-order valence-electron chi connectivity index (χ0n) is 20.5. The number of amides is 1. The molecule has 0 saturated carbocycles. The number of carbonyl (C=O) groups is 1. The number of aryl methyl sites for hydroxylation is 1. The summed E-state index contributed by atoms with van der Waals surface area (Å²) in [7, 11) is -3.99. The van der Waals surface area contributed by atoms with E-state index in [0.29, 0.717) is 24.2 Å². The lowest BCUT2D eigenvalue weighted by Crippen LogP contribution is -2.54. The van der Waals surface area contributed by atoms with Crippen molar-refractivity contribution < 1.29 is 13.2 Å². The Labute approximate surface area is 217 Å². The average Bonchev–Trinajstić information content (AvgIpc) is 3.08. The van der Waals surface area contributed by atoms with Gasteiger partial charge in [-0.1, -0.05) is 78.4 Å². The van der Waals surface area contributed by atoms with Crippen molar-refractivity contribution in [3.05, 3.63) is 131 Å². The van der Waals surface area contributed by atoms with Crippen LogP contribution >= 0.6 is 0 Å². The molecule has 37 heavy (non-hydrogen) atoms. The maximum Gasteiger partial charge on any atom is 0.268 e. The molecule has 0 saturated heterocycles. The van der Waals surface area contributed by atoms with Crippen LogP contribution in [0.4, 0.5) is 5.69 Å². The fourth-order valence-corrected chi connectivity index (χ4v) is 6.91. The zero-order valence-corrected chi connectivity index (χ0v) is 21.3. The van der Waals surface area contributed by atoms with Crippen molar-refractivity contribution in [1.82, 2.24) is 10.0 Å². The van der Waals surface area contributed by atoms with Gasteiger partial charge in [0.05, 0.1) is 17.1 Å². The molecule has 0 fully saturated rings. The highest BCUT2D eigenvalue weighted by molar-refractivity contribution is 7.92. The Balaban J connectivity index is 1.59. The summed E-state index contributed by atoms with van der Waals surface area (Å²) in [6.07, 6.45) is -0.00688. The lowest BCUT2D eigenvalue weighted by Gasteiger charge is -2.45. The van der Waals surface area contributed by atoms with E-state index in [9.17, 15) is 13.2 Å². The van der Waals surface area contributed by atoms with Gasteiger partial charge in [0.15, 0.2) is 0 Å². The minimum Gasteiger partial charge on any atom is -0.268 e. The molecule has 2 aliphatic heterocycles. The highest BCUT2D eigenvalue weighted by Crippen LogP contribution is 2.44. The third-order valence-corrected chi connectivity index (χ3v) is 8.92. The summed E-state index contributed by atoms with van der Waals surface area (Å²) in [6.45, 7) is 2.71. The molecule has 0 aromatic heterocycles. The topological polar surface area (TPSA) is 60.9 Å². The maximum absolute atomic E-state index is 14.4. The van der Waals surface area contributed by atoms with Crippen molar-refractivity contribution in [1.29, 1.82) is 0 Å². The summed E-state index contributed by atoms with van der Waals surface area (Å²) in [5, 5.41) is 3.66. The van der Waals surface area contributed by atoms with Gasteiger partial charge in [-0.2, -0.15) is 5.01 Å². The second kappa shape index (κ2) is 9.18. The molecule has 4 aromatic rings. The van der Waals surface area contributed by atoms with Crippen molar-refractivity contribution in [3.8, 4) is 0 Å². The summed E-state index contributed by atoms with van der Waals surface area (Å²) < 4.78 is 30.4. The summed E-state index contributed by atoms with van der Waals surface area (Å²) in [4.78, 5) is 14.1. The van der Waals surface area contributed by atoms with Gasteiger partial charge in [-0.25, -0.2) is 12.7 Å². The van der Waals surface area contributed by atoms with E-state index < -0.39 is 16.2 Å². The van der Waals surface area contributed by atoms with Crippen LogP contribution in [0.1, 0.15) is 38.8 Å². The molecule has 0 spiro atoms. The Morgan fingerprint density at radius 2 is 1.43 bits per heavy atom. The molecule has 0 bridgehead atoms. The fourth-order valence-electron chi connectivity index (χ4n) is 5.28. The first-order chi connectivity index (χ1) is 17.9. The van der Waals surface area contributed by atoms with Crippen LogP contribution in [0, 0.1) is 6.92 Å². The van der Waals surface area contributed by atoms with Crippen LogP contribution in [0.3, 0.4) is 0 Å². The number of hydrazine groups is 1. The van der Waals surface area contributed by atoms with Crippen LogP contribution in [0.5, 0.6) is 0 Å². The minimum atomic E-state index is -3.99. The van der Waals surface area contributed by atoms with Gasteiger partial charge in [-0.3, -0.25) is 9.80 Å². The Bertz CT molecular complexity index is 1570. The molecule has 0 radical (unpaired) electrons. The summed E-state index contributed by atoms with van der Waals surface area (Å²) >= 11 is 0. The lowest BCUT2D eigenvalue weighted by molar-refractivity contribution is -0.0435. The average molecular weight is 510 g/mol. The van der Waals surface area contributed by atoms with E-state index >= 15 is 0 Å². The van der Waals surface area contributed by atoms with Crippen LogP contribution < -0.4 is 4.31 Å².